The first-order valence-corrected chi connectivity index (χ1v) is 9.96. The molecule has 0 spiro atoms. The summed E-state index contributed by atoms with van der Waals surface area (Å²) in [6.45, 7) is 6.70. The van der Waals surface area contributed by atoms with Gasteiger partial charge in [-0.3, -0.25) is 4.79 Å². The maximum absolute atomic E-state index is 11.8. The van der Waals surface area contributed by atoms with Crippen LogP contribution in [0.15, 0.2) is 12.4 Å². The van der Waals surface area contributed by atoms with Gasteiger partial charge in [-0.25, -0.2) is 18.4 Å². The van der Waals surface area contributed by atoms with Crippen LogP contribution in [-0.4, -0.2) is 54.6 Å². The van der Waals surface area contributed by atoms with E-state index in [0.29, 0.717) is 37.4 Å². The fourth-order valence-electron chi connectivity index (χ4n) is 2.63. The first-order chi connectivity index (χ1) is 11.0. The molecule has 0 radical (unpaired) electrons. The van der Waals surface area contributed by atoms with Gasteiger partial charge in [-0.15, -0.1) is 0 Å². The van der Waals surface area contributed by atoms with Crippen LogP contribution in [-0.2, 0) is 25.8 Å². The zero-order valence-corrected chi connectivity index (χ0v) is 15.5. The molecular formula is C16H25N3O4S. The topological polar surface area (TPSA) is 89.5 Å². The predicted molar refractivity (Wildman–Crippen MR) is 91.7 cm³/mol. The number of carbonyl (C=O) groups excluding carboxylic acids is 1. The number of piperidine rings is 1. The van der Waals surface area contributed by atoms with Gasteiger partial charge >= 0.3 is 5.97 Å². The fraction of sp³-hybridized carbons (Fsp3) is 0.688. The van der Waals surface area contributed by atoms with Gasteiger partial charge in [-0.05, 0) is 33.6 Å². The normalized spacial score (nSPS) is 16.9. The van der Waals surface area contributed by atoms with Crippen molar-refractivity contribution in [3.63, 3.8) is 0 Å². The third-order valence-electron chi connectivity index (χ3n) is 3.79. The highest BCUT2D eigenvalue weighted by molar-refractivity contribution is 7.91. The van der Waals surface area contributed by atoms with E-state index in [0.717, 1.165) is 0 Å². The second kappa shape index (κ2) is 7.04. The maximum atomic E-state index is 11.8. The average Bonchev–Trinajstić information content (AvgIpc) is 2.45. The number of carbonyl (C=O) groups is 1. The summed E-state index contributed by atoms with van der Waals surface area (Å²) in [4.78, 5) is 22.4. The summed E-state index contributed by atoms with van der Waals surface area (Å²) in [5.41, 5.74) is 0.181. The molecule has 2 rings (SSSR count). The van der Waals surface area contributed by atoms with E-state index < -0.39 is 15.4 Å². The molecule has 0 aliphatic carbocycles. The van der Waals surface area contributed by atoms with E-state index >= 15 is 0 Å². The summed E-state index contributed by atoms with van der Waals surface area (Å²) in [6, 6.07) is 0. The molecule has 0 N–H and O–H groups in total. The van der Waals surface area contributed by atoms with Crippen molar-refractivity contribution in [1.29, 1.82) is 0 Å². The van der Waals surface area contributed by atoms with Crippen LogP contribution in [0.5, 0.6) is 0 Å². The van der Waals surface area contributed by atoms with Crippen LogP contribution in [0, 0.1) is 0 Å². The zero-order valence-electron chi connectivity index (χ0n) is 14.7. The first kappa shape index (κ1) is 18.6. The van der Waals surface area contributed by atoms with Gasteiger partial charge in [0.2, 0.25) is 5.95 Å². The largest absolute Gasteiger partial charge is 0.460 e. The Hall–Kier alpha value is -1.70. The van der Waals surface area contributed by atoms with Crippen LogP contribution >= 0.6 is 0 Å². The lowest BCUT2D eigenvalue weighted by atomic mass is 10.1. The molecule has 0 unspecified atom stereocenters. The van der Waals surface area contributed by atoms with Gasteiger partial charge in [0, 0.05) is 37.3 Å². The summed E-state index contributed by atoms with van der Waals surface area (Å²) < 4.78 is 28.4. The molecule has 8 heteroatoms. The number of aromatic nitrogens is 2. The number of hydrogen-bond donors (Lipinski definition) is 0. The minimum absolute atomic E-state index is 0.133. The van der Waals surface area contributed by atoms with Gasteiger partial charge in [-0.2, -0.15) is 0 Å². The Morgan fingerprint density at radius 3 is 2.25 bits per heavy atom. The van der Waals surface area contributed by atoms with Crippen LogP contribution in [0.25, 0.3) is 0 Å². The monoisotopic (exact) mass is 355 g/mol. The molecule has 1 aliphatic heterocycles. The summed E-state index contributed by atoms with van der Waals surface area (Å²) in [5.74, 6) is 0.253. The fourth-order valence-corrected chi connectivity index (χ4v) is 3.70. The second-order valence-electron chi connectivity index (χ2n) is 7.17. The van der Waals surface area contributed by atoms with Crippen LogP contribution in [0.2, 0.25) is 0 Å². The number of hydrogen-bond acceptors (Lipinski definition) is 7. The quantitative estimate of drug-likeness (QED) is 0.754. The number of rotatable bonds is 4. The third kappa shape index (κ3) is 5.43. The molecule has 0 saturated carbocycles. The van der Waals surface area contributed by atoms with Crippen molar-refractivity contribution in [2.75, 3.05) is 24.2 Å². The zero-order chi connectivity index (χ0) is 18.0. The highest BCUT2D eigenvalue weighted by atomic mass is 32.2. The Labute approximate surface area is 143 Å². The predicted octanol–water partition coefficient (Wildman–Crippen LogP) is 1.37. The molecule has 1 aromatic rings. The number of ether oxygens (including phenoxy) is 1. The van der Waals surface area contributed by atoms with Gasteiger partial charge in [-0.1, -0.05) is 0 Å². The molecule has 1 saturated heterocycles. The Morgan fingerprint density at radius 1 is 1.25 bits per heavy atom. The standard InChI is InChI=1S/C16H25N3O4S/c1-16(2,3)23-14(20)9-12-10-17-15(18-11-12)19-7-5-13(6-8-19)24(4,21)22/h10-11,13H,5-9H2,1-4H3. The molecule has 2 heterocycles. The summed E-state index contributed by atoms with van der Waals surface area (Å²) >= 11 is 0. The molecule has 0 aromatic carbocycles. The van der Waals surface area contributed by atoms with Gasteiger partial charge in [0.05, 0.1) is 11.7 Å². The van der Waals surface area contributed by atoms with Crippen LogP contribution < -0.4 is 4.90 Å². The highest BCUT2D eigenvalue weighted by Gasteiger charge is 2.27. The van der Waals surface area contributed by atoms with Crippen LogP contribution in [0.4, 0.5) is 5.95 Å². The van der Waals surface area contributed by atoms with Crippen molar-refractivity contribution >= 4 is 21.8 Å². The highest BCUT2D eigenvalue weighted by Crippen LogP contribution is 2.20. The molecular weight excluding hydrogens is 330 g/mol. The van der Waals surface area contributed by atoms with Crippen molar-refractivity contribution in [3.05, 3.63) is 18.0 Å². The summed E-state index contributed by atoms with van der Waals surface area (Å²) in [5, 5.41) is -0.278. The van der Waals surface area contributed by atoms with Crippen molar-refractivity contribution in [2.45, 2.75) is 50.9 Å². The Kier molecular flexibility index (Phi) is 5.47. The Bertz CT molecular complexity index is 672. The van der Waals surface area contributed by atoms with E-state index in [-0.39, 0.29) is 17.6 Å². The van der Waals surface area contributed by atoms with Crippen LogP contribution in [0.1, 0.15) is 39.2 Å². The molecule has 0 bridgehead atoms. The molecule has 1 fully saturated rings. The Morgan fingerprint density at radius 2 is 1.79 bits per heavy atom. The number of sulfone groups is 1. The lowest BCUT2D eigenvalue weighted by Gasteiger charge is -2.31. The van der Waals surface area contributed by atoms with E-state index in [9.17, 15) is 13.2 Å². The van der Waals surface area contributed by atoms with Gasteiger partial charge in [0.15, 0.2) is 0 Å². The van der Waals surface area contributed by atoms with Gasteiger partial charge in [0.25, 0.3) is 0 Å². The Balaban J connectivity index is 1.92. The van der Waals surface area contributed by atoms with E-state index in [1.165, 1.54) is 6.26 Å². The van der Waals surface area contributed by atoms with Crippen molar-refractivity contribution in [1.82, 2.24) is 9.97 Å². The molecule has 0 amide bonds. The lowest BCUT2D eigenvalue weighted by molar-refractivity contribution is -0.153. The van der Waals surface area contributed by atoms with E-state index in [1.54, 1.807) is 12.4 Å². The first-order valence-electron chi connectivity index (χ1n) is 8.01. The molecule has 1 aliphatic rings. The number of nitrogens with zero attached hydrogens (tertiary/aromatic N) is 3. The molecule has 0 atom stereocenters. The molecule has 7 nitrogen and oxygen atoms in total. The molecule has 1 aromatic heterocycles. The smallest absolute Gasteiger partial charge is 0.310 e. The van der Waals surface area contributed by atoms with Crippen LogP contribution in [0.3, 0.4) is 0 Å². The third-order valence-corrected chi connectivity index (χ3v) is 5.47. The summed E-state index contributed by atoms with van der Waals surface area (Å²) in [6.07, 6.45) is 5.83. The van der Waals surface area contributed by atoms with Gasteiger partial charge in [0.1, 0.15) is 15.4 Å². The van der Waals surface area contributed by atoms with E-state index in [2.05, 4.69) is 9.97 Å². The number of anilines is 1. The van der Waals surface area contributed by atoms with Gasteiger partial charge < -0.3 is 9.64 Å². The van der Waals surface area contributed by atoms with Crippen molar-refractivity contribution in [3.8, 4) is 0 Å². The maximum Gasteiger partial charge on any atom is 0.310 e. The van der Waals surface area contributed by atoms with Crippen molar-refractivity contribution < 1.29 is 17.9 Å². The number of esters is 1. The summed E-state index contributed by atoms with van der Waals surface area (Å²) in [7, 11) is -2.99. The second-order valence-corrected chi connectivity index (χ2v) is 9.50. The lowest BCUT2D eigenvalue weighted by Crippen LogP contribution is -2.39. The van der Waals surface area contributed by atoms with E-state index in [1.807, 2.05) is 25.7 Å². The minimum atomic E-state index is -2.99. The van der Waals surface area contributed by atoms with Crippen molar-refractivity contribution in [2.24, 2.45) is 0 Å². The average molecular weight is 355 g/mol. The van der Waals surface area contributed by atoms with E-state index in [4.69, 9.17) is 4.74 Å². The molecule has 134 valence electrons. The SMILES string of the molecule is CC(C)(C)OC(=O)Cc1cnc(N2CCC(S(C)(=O)=O)CC2)nc1. The molecule has 24 heavy (non-hydrogen) atoms. The minimum Gasteiger partial charge on any atom is -0.460 e.